The van der Waals surface area contributed by atoms with Gasteiger partial charge in [-0.25, -0.2) is 9.50 Å². The van der Waals surface area contributed by atoms with Gasteiger partial charge in [-0.15, -0.1) is 16.4 Å². The largest absolute Gasteiger partial charge is 0.493 e. The molecule has 0 radical (unpaired) electrons. The van der Waals surface area contributed by atoms with Crippen molar-refractivity contribution in [2.24, 2.45) is 0 Å². The molecule has 0 spiro atoms. The summed E-state index contributed by atoms with van der Waals surface area (Å²) in [6.07, 6.45) is 1.72. The summed E-state index contributed by atoms with van der Waals surface area (Å²) >= 11 is 1.38. The summed E-state index contributed by atoms with van der Waals surface area (Å²) in [7, 11) is 4.66. The number of methoxy groups -OCH3 is 3. The van der Waals surface area contributed by atoms with E-state index in [9.17, 15) is 4.79 Å². The van der Waals surface area contributed by atoms with Gasteiger partial charge in [0.05, 0.1) is 38.1 Å². The zero-order valence-electron chi connectivity index (χ0n) is 16.0. The number of rotatable bonds is 6. The summed E-state index contributed by atoms with van der Waals surface area (Å²) in [6.45, 7) is 0. The fourth-order valence-corrected chi connectivity index (χ4v) is 3.51. The quantitative estimate of drug-likeness (QED) is 0.521. The third-order valence-corrected chi connectivity index (χ3v) is 5.13. The number of hydrogen-bond acceptors (Lipinski definition) is 7. The Labute approximate surface area is 170 Å². The molecule has 4 aromatic rings. The van der Waals surface area contributed by atoms with E-state index in [-0.39, 0.29) is 5.91 Å². The number of carbonyl (C=O) groups is 1. The first kappa shape index (κ1) is 18.8. The fraction of sp³-hybridized carbons (Fsp3) is 0.150. The number of amides is 1. The van der Waals surface area contributed by atoms with Crippen molar-refractivity contribution >= 4 is 28.6 Å². The molecule has 1 amide bonds. The Balaban J connectivity index is 1.68. The molecule has 0 saturated heterocycles. The molecule has 3 heterocycles. The van der Waals surface area contributed by atoms with E-state index in [1.807, 2.05) is 11.4 Å². The van der Waals surface area contributed by atoms with Crippen molar-refractivity contribution < 1.29 is 19.0 Å². The number of hydrogen-bond donors (Lipinski definition) is 1. The third kappa shape index (κ3) is 3.59. The average Bonchev–Trinajstić information content (AvgIpc) is 3.42. The summed E-state index contributed by atoms with van der Waals surface area (Å²) in [6, 6.07) is 10.8. The van der Waals surface area contributed by atoms with Crippen molar-refractivity contribution in [3.8, 4) is 28.6 Å². The normalized spacial score (nSPS) is 10.7. The number of benzene rings is 1. The predicted molar refractivity (Wildman–Crippen MR) is 110 cm³/mol. The Hall–Kier alpha value is -3.59. The molecule has 3 aromatic heterocycles. The predicted octanol–water partition coefficient (Wildman–Crippen LogP) is 3.74. The van der Waals surface area contributed by atoms with Crippen LogP contribution in [-0.4, -0.2) is 41.8 Å². The van der Waals surface area contributed by atoms with E-state index in [0.29, 0.717) is 44.8 Å². The number of aromatic nitrogens is 3. The van der Waals surface area contributed by atoms with Gasteiger partial charge in [0.1, 0.15) is 0 Å². The summed E-state index contributed by atoms with van der Waals surface area (Å²) < 4.78 is 17.8. The van der Waals surface area contributed by atoms with Crippen molar-refractivity contribution in [1.29, 1.82) is 0 Å². The van der Waals surface area contributed by atoms with Crippen molar-refractivity contribution in [2.75, 3.05) is 26.6 Å². The maximum atomic E-state index is 12.3. The highest BCUT2D eigenvalue weighted by molar-refractivity contribution is 7.12. The topological polar surface area (TPSA) is 87.0 Å². The van der Waals surface area contributed by atoms with Crippen LogP contribution in [0.5, 0.6) is 17.2 Å². The van der Waals surface area contributed by atoms with Crippen LogP contribution in [0.25, 0.3) is 17.0 Å². The lowest BCUT2D eigenvalue weighted by atomic mass is 10.1. The van der Waals surface area contributed by atoms with Gasteiger partial charge >= 0.3 is 0 Å². The number of fused-ring (bicyclic) bond motifs is 1. The van der Waals surface area contributed by atoms with Gasteiger partial charge in [0.15, 0.2) is 23.0 Å². The van der Waals surface area contributed by atoms with Crippen LogP contribution in [-0.2, 0) is 0 Å². The van der Waals surface area contributed by atoms with Crippen LogP contribution < -0.4 is 19.5 Å². The van der Waals surface area contributed by atoms with Crippen LogP contribution in [0.4, 0.5) is 5.69 Å². The summed E-state index contributed by atoms with van der Waals surface area (Å²) in [5, 5.41) is 9.25. The molecule has 8 nitrogen and oxygen atoms in total. The third-order valence-electron chi connectivity index (χ3n) is 4.26. The van der Waals surface area contributed by atoms with Gasteiger partial charge in [-0.05, 0) is 35.7 Å². The number of nitrogens with one attached hydrogen (secondary N) is 1. The monoisotopic (exact) mass is 410 g/mol. The van der Waals surface area contributed by atoms with E-state index in [1.54, 1.807) is 62.4 Å². The highest BCUT2D eigenvalue weighted by Gasteiger charge is 2.17. The molecule has 9 heteroatoms. The minimum atomic E-state index is -0.163. The lowest BCUT2D eigenvalue weighted by molar-refractivity contribution is 0.103. The molecule has 148 valence electrons. The van der Waals surface area contributed by atoms with Gasteiger partial charge in [-0.1, -0.05) is 6.07 Å². The molecule has 0 aliphatic carbocycles. The van der Waals surface area contributed by atoms with Crippen LogP contribution in [0.1, 0.15) is 9.67 Å². The van der Waals surface area contributed by atoms with Crippen LogP contribution in [0, 0.1) is 0 Å². The summed E-state index contributed by atoms with van der Waals surface area (Å²) in [5.41, 5.74) is 1.98. The van der Waals surface area contributed by atoms with Gasteiger partial charge in [0, 0.05) is 5.56 Å². The van der Waals surface area contributed by atoms with Crippen molar-refractivity contribution in [2.45, 2.75) is 0 Å². The second-order valence-electron chi connectivity index (χ2n) is 6.00. The number of ether oxygens (including phenoxy) is 3. The van der Waals surface area contributed by atoms with Gasteiger partial charge in [-0.2, -0.15) is 0 Å². The van der Waals surface area contributed by atoms with Crippen molar-refractivity contribution in [1.82, 2.24) is 14.6 Å². The first-order valence-corrected chi connectivity index (χ1v) is 9.52. The molecule has 0 saturated carbocycles. The maximum absolute atomic E-state index is 12.3. The van der Waals surface area contributed by atoms with E-state index < -0.39 is 0 Å². The SMILES string of the molecule is COc1cc(-c2nc3ccc(NC(=O)c4cccs4)cn3n2)cc(OC)c1OC. The summed E-state index contributed by atoms with van der Waals surface area (Å²) in [5.74, 6) is 1.87. The van der Waals surface area contributed by atoms with Gasteiger partial charge < -0.3 is 19.5 Å². The van der Waals surface area contributed by atoms with Crippen molar-refractivity contribution in [3.63, 3.8) is 0 Å². The molecule has 4 rings (SSSR count). The zero-order valence-corrected chi connectivity index (χ0v) is 16.8. The molecule has 0 aliphatic heterocycles. The lowest BCUT2D eigenvalue weighted by Crippen LogP contribution is -2.10. The number of thiophene rings is 1. The first-order chi connectivity index (χ1) is 14.1. The molecular weight excluding hydrogens is 392 g/mol. The fourth-order valence-electron chi connectivity index (χ4n) is 2.89. The molecule has 1 N–H and O–H groups in total. The van der Waals surface area contributed by atoms with E-state index in [2.05, 4.69) is 15.4 Å². The number of carbonyl (C=O) groups excluding carboxylic acids is 1. The van der Waals surface area contributed by atoms with E-state index >= 15 is 0 Å². The Morgan fingerprint density at radius 3 is 2.45 bits per heavy atom. The Bertz CT molecular complexity index is 1150. The molecule has 0 aliphatic rings. The smallest absolute Gasteiger partial charge is 0.265 e. The van der Waals surface area contributed by atoms with Gasteiger partial charge in [0.25, 0.3) is 5.91 Å². The molecule has 0 bridgehead atoms. The van der Waals surface area contributed by atoms with Crippen LogP contribution in [0.2, 0.25) is 0 Å². The zero-order chi connectivity index (χ0) is 20.4. The Kier molecular flexibility index (Phi) is 5.05. The Morgan fingerprint density at radius 2 is 1.83 bits per heavy atom. The molecule has 1 aromatic carbocycles. The van der Waals surface area contributed by atoms with Gasteiger partial charge in [-0.3, -0.25) is 4.79 Å². The molecule has 0 atom stereocenters. The molecular formula is C20H18N4O4S. The number of pyridine rings is 1. The van der Waals surface area contributed by atoms with Crippen LogP contribution in [0.3, 0.4) is 0 Å². The van der Waals surface area contributed by atoms with Crippen LogP contribution in [0.15, 0.2) is 48.0 Å². The second-order valence-corrected chi connectivity index (χ2v) is 6.95. The van der Waals surface area contributed by atoms with Crippen molar-refractivity contribution in [3.05, 3.63) is 52.9 Å². The minimum absolute atomic E-state index is 0.163. The molecule has 29 heavy (non-hydrogen) atoms. The lowest BCUT2D eigenvalue weighted by Gasteiger charge is -2.12. The average molecular weight is 410 g/mol. The van der Waals surface area contributed by atoms with Gasteiger partial charge in [0.2, 0.25) is 5.75 Å². The second kappa shape index (κ2) is 7.80. The summed E-state index contributed by atoms with van der Waals surface area (Å²) in [4.78, 5) is 17.4. The first-order valence-electron chi connectivity index (χ1n) is 8.64. The number of anilines is 1. The standard InChI is InChI=1S/C20H18N4O4S/c1-26-14-9-12(10-15(27-2)18(14)28-3)19-22-17-7-6-13(11-24(17)23-19)21-20(25)16-5-4-8-29-16/h4-11H,1-3H3,(H,21,25). The van der Waals surface area contributed by atoms with E-state index in [0.717, 1.165) is 0 Å². The maximum Gasteiger partial charge on any atom is 0.265 e. The van der Waals surface area contributed by atoms with E-state index in [4.69, 9.17) is 14.2 Å². The van der Waals surface area contributed by atoms with Crippen LogP contribution >= 0.6 is 11.3 Å². The number of nitrogens with zero attached hydrogens (tertiary/aromatic N) is 3. The Morgan fingerprint density at radius 1 is 1.07 bits per heavy atom. The van der Waals surface area contributed by atoms with E-state index in [1.165, 1.54) is 11.3 Å². The molecule has 0 unspecified atom stereocenters. The highest BCUT2D eigenvalue weighted by Crippen LogP contribution is 2.40. The minimum Gasteiger partial charge on any atom is -0.493 e. The molecule has 0 fully saturated rings. The highest BCUT2D eigenvalue weighted by atomic mass is 32.1.